The van der Waals surface area contributed by atoms with Crippen molar-refractivity contribution in [2.45, 2.75) is 52.4 Å². The topological polar surface area (TPSA) is 6.48 Å². The van der Waals surface area contributed by atoms with E-state index in [1.54, 1.807) is 0 Å². The number of para-hydroxylation sites is 2. The minimum absolute atomic E-state index is 0.00238. The van der Waals surface area contributed by atoms with E-state index in [0.29, 0.717) is 0 Å². The standard InChI is InChI=1S/C50H45BN2/c1-49(2,3)36-28-30-43-41(32-36)51-42-33-37(50(4,5)6)29-31-44(42)53(46-27-17-26-45(47(46)51)52(43)38-22-14-9-15-23-38)48-39(34-18-10-7-11-19-34)24-16-25-40(48)35-20-12-8-13-21-35/h7-33H,1-6H3. The second-order valence-corrected chi connectivity index (χ2v) is 16.6. The number of hydrogen-bond donors (Lipinski definition) is 0. The summed E-state index contributed by atoms with van der Waals surface area (Å²) in [5.74, 6) is 0. The van der Waals surface area contributed by atoms with E-state index >= 15 is 0 Å². The Balaban J connectivity index is 1.42. The van der Waals surface area contributed by atoms with Crippen LogP contribution in [0, 0.1) is 0 Å². The molecule has 0 radical (unpaired) electrons. The van der Waals surface area contributed by atoms with Crippen LogP contribution in [0.15, 0.2) is 164 Å². The largest absolute Gasteiger partial charge is 0.311 e. The first-order chi connectivity index (χ1) is 25.6. The van der Waals surface area contributed by atoms with Gasteiger partial charge in [0.05, 0.1) is 5.69 Å². The molecule has 0 amide bonds. The maximum atomic E-state index is 2.59. The van der Waals surface area contributed by atoms with Crippen molar-refractivity contribution in [3.05, 3.63) is 175 Å². The number of hydrogen-bond acceptors (Lipinski definition) is 2. The second kappa shape index (κ2) is 12.4. The minimum Gasteiger partial charge on any atom is -0.311 e. The van der Waals surface area contributed by atoms with Gasteiger partial charge in [-0.1, -0.05) is 169 Å². The summed E-state index contributed by atoms with van der Waals surface area (Å²) in [7, 11) is 0. The van der Waals surface area contributed by atoms with Crippen molar-refractivity contribution in [3.63, 3.8) is 0 Å². The molecule has 2 heterocycles. The van der Waals surface area contributed by atoms with Crippen molar-refractivity contribution in [1.29, 1.82) is 0 Å². The van der Waals surface area contributed by atoms with Crippen LogP contribution < -0.4 is 26.2 Å². The predicted octanol–water partition coefficient (Wildman–Crippen LogP) is 11.7. The van der Waals surface area contributed by atoms with E-state index < -0.39 is 0 Å². The molecule has 2 aliphatic heterocycles. The summed E-state index contributed by atoms with van der Waals surface area (Å²) in [5, 5.41) is 0. The van der Waals surface area contributed by atoms with Crippen molar-refractivity contribution in [1.82, 2.24) is 0 Å². The molecule has 0 aliphatic carbocycles. The van der Waals surface area contributed by atoms with Gasteiger partial charge < -0.3 is 9.80 Å². The molecule has 9 rings (SSSR count). The maximum Gasteiger partial charge on any atom is 0.252 e. The molecule has 53 heavy (non-hydrogen) atoms. The number of fused-ring (bicyclic) bond motifs is 4. The quantitative estimate of drug-likeness (QED) is 0.170. The highest BCUT2D eigenvalue weighted by molar-refractivity contribution is 7.00. The third-order valence-electron chi connectivity index (χ3n) is 11.2. The van der Waals surface area contributed by atoms with Crippen molar-refractivity contribution >= 4 is 57.2 Å². The Morgan fingerprint density at radius 2 is 0.830 bits per heavy atom. The zero-order valence-corrected chi connectivity index (χ0v) is 31.6. The van der Waals surface area contributed by atoms with Crippen LogP contribution in [0.5, 0.6) is 0 Å². The molecule has 0 saturated heterocycles. The summed E-state index contributed by atoms with van der Waals surface area (Å²) in [5.41, 5.74) is 18.8. The Kier molecular flexibility index (Phi) is 7.75. The Morgan fingerprint density at radius 3 is 1.32 bits per heavy atom. The van der Waals surface area contributed by atoms with Gasteiger partial charge in [-0.2, -0.15) is 0 Å². The maximum absolute atomic E-state index is 2.59. The van der Waals surface area contributed by atoms with Gasteiger partial charge in [0.1, 0.15) is 0 Å². The Bertz CT molecular complexity index is 2420. The van der Waals surface area contributed by atoms with Gasteiger partial charge in [0.2, 0.25) is 0 Å². The van der Waals surface area contributed by atoms with Gasteiger partial charge in [-0.25, -0.2) is 0 Å². The lowest BCUT2D eigenvalue weighted by molar-refractivity contribution is 0.590. The van der Waals surface area contributed by atoms with Crippen LogP contribution in [0.25, 0.3) is 22.3 Å². The smallest absolute Gasteiger partial charge is 0.252 e. The van der Waals surface area contributed by atoms with Crippen LogP contribution in [0.4, 0.5) is 34.1 Å². The highest BCUT2D eigenvalue weighted by Crippen LogP contribution is 2.50. The fourth-order valence-corrected chi connectivity index (χ4v) is 8.46. The van der Waals surface area contributed by atoms with Gasteiger partial charge in [-0.15, -0.1) is 0 Å². The summed E-state index contributed by atoms with van der Waals surface area (Å²) >= 11 is 0. The average Bonchev–Trinajstić information content (AvgIpc) is 3.17. The molecule has 7 aromatic rings. The van der Waals surface area contributed by atoms with E-state index in [0.717, 1.165) is 0 Å². The predicted molar refractivity (Wildman–Crippen MR) is 229 cm³/mol. The summed E-state index contributed by atoms with van der Waals surface area (Å²) in [6.45, 7) is 14.0. The van der Waals surface area contributed by atoms with Gasteiger partial charge in [0.25, 0.3) is 6.71 Å². The number of nitrogens with zero attached hydrogens (tertiary/aromatic N) is 2. The molecule has 0 bridgehead atoms. The molecule has 0 atom stereocenters. The fraction of sp³-hybridized carbons (Fsp3) is 0.160. The molecule has 0 spiro atoms. The van der Waals surface area contributed by atoms with E-state index in [2.05, 4.69) is 215 Å². The van der Waals surface area contributed by atoms with E-state index in [4.69, 9.17) is 0 Å². The lowest BCUT2D eigenvalue weighted by atomic mass is 9.33. The average molecular weight is 685 g/mol. The molecule has 0 saturated carbocycles. The molecule has 3 heteroatoms. The van der Waals surface area contributed by atoms with Crippen LogP contribution in [-0.2, 0) is 10.8 Å². The Morgan fingerprint density at radius 1 is 0.396 bits per heavy atom. The zero-order valence-electron chi connectivity index (χ0n) is 31.6. The highest BCUT2D eigenvalue weighted by Gasteiger charge is 2.44. The van der Waals surface area contributed by atoms with E-state index in [1.807, 2.05) is 0 Å². The summed E-state index contributed by atoms with van der Waals surface area (Å²) < 4.78 is 0. The van der Waals surface area contributed by atoms with Crippen molar-refractivity contribution < 1.29 is 0 Å². The first-order valence-electron chi connectivity index (χ1n) is 18.9. The molecular weight excluding hydrogens is 639 g/mol. The molecule has 0 fully saturated rings. The van der Waals surface area contributed by atoms with E-state index in [9.17, 15) is 0 Å². The van der Waals surface area contributed by atoms with Crippen LogP contribution in [0.2, 0.25) is 0 Å². The lowest BCUT2D eigenvalue weighted by Gasteiger charge is -2.45. The van der Waals surface area contributed by atoms with Crippen molar-refractivity contribution in [2.24, 2.45) is 0 Å². The molecule has 258 valence electrons. The van der Waals surface area contributed by atoms with Gasteiger partial charge >= 0.3 is 0 Å². The van der Waals surface area contributed by atoms with Gasteiger partial charge in [0, 0.05) is 39.6 Å². The highest BCUT2D eigenvalue weighted by atomic mass is 15.2. The van der Waals surface area contributed by atoms with Crippen LogP contribution >= 0.6 is 0 Å². The fourth-order valence-electron chi connectivity index (χ4n) is 8.46. The van der Waals surface area contributed by atoms with Gasteiger partial charge in [-0.05, 0) is 85.9 Å². The summed E-state index contributed by atoms with van der Waals surface area (Å²) in [6.07, 6.45) is 0. The molecule has 0 N–H and O–H groups in total. The lowest BCUT2D eigenvalue weighted by Crippen LogP contribution is -2.61. The Hall–Kier alpha value is -5.80. The first-order valence-corrected chi connectivity index (χ1v) is 18.9. The van der Waals surface area contributed by atoms with Crippen molar-refractivity contribution in [3.8, 4) is 22.3 Å². The number of rotatable bonds is 4. The van der Waals surface area contributed by atoms with Gasteiger partial charge in [-0.3, -0.25) is 0 Å². The normalized spacial score (nSPS) is 13.4. The molecular formula is C50H45BN2. The summed E-state index contributed by atoms with van der Waals surface area (Å²) in [6, 6.07) is 60.9. The molecule has 2 aliphatic rings. The third-order valence-corrected chi connectivity index (χ3v) is 11.2. The number of benzene rings is 7. The molecule has 0 aromatic heterocycles. The minimum atomic E-state index is -0.0162. The SMILES string of the molecule is CC(C)(C)c1ccc2c(c1)B1c3cc(C(C)(C)C)ccc3N(c3c(-c4ccccc4)cccc3-c3ccccc3)c3cccc(c31)N2c1ccccc1. The van der Waals surface area contributed by atoms with E-state index in [1.165, 1.54) is 83.9 Å². The monoisotopic (exact) mass is 684 g/mol. The van der Waals surface area contributed by atoms with Crippen LogP contribution in [-0.4, -0.2) is 6.71 Å². The van der Waals surface area contributed by atoms with Crippen molar-refractivity contribution in [2.75, 3.05) is 9.80 Å². The molecule has 7 aromatic carbocycles. The third kappa shape index (κ3) is 5.49. The summed E-state index contributed by atoms with van der Waals surface area (Å²) in [4.78, 5) is 5.08. The zero-order chi connectivity index (χ0) is 36.5. The molecule has 2 nitrogen and oxygen atoms in total. The molecule has 0 unspecified atom stereocenters. The Labute approximate surface area is 315 Å². The number of anilines is 6. The van der Waals surface area contributed by atoms with Gasteiger partial charge in [0.15, 0.2) is 0 Å². The van der Waals surface area contributed by atoms with E-state index in [-0.39, 0.29) is 17.5 Å². The first kappa shape index (κ1) is 33.1. The second-order valence-electron chi connectivity index (χ2n) is 16.6. The van der Waals surface area contributed by atoms with Crippen LogP contribution in [0.1, 0.15) is 52.7 Å². The van der Waals surface area contributed by atoms with Crippen LogP contribution in [0.3, 0.4) is 0 Å².